The number of hydrogen-bond acceptors (Lipinski definition) is 3. The topological polar surface area (TPSA) is 34.5 Å². The molecule has 0 bridgehead atoms. The molecule has 0 saturated carbocycles. The van der Waals surface area contributed by atoms with Crippen LogP contribution >= 0.6 is 0 Å². The fourth-order valence-corrected chi connectivity index (χ4v) is 8.15. The van der Waals surface area contributed by atoms with E-state index in [9.17, 15) is 0 Å². The van der Waals surface area contributed by atoms with Crippen LogP contribution in [0.15, 0.2) is 191 Å². The zero-order chi connectivity index (χ0) is 34.2. The average Bonchev–Trinajstić information content (AvgIpc) is 3.89. The predicted octanol–water partition coefficient (Wildman–Crippen LogP) is 13.7. The SMILES string of the molecule is c1ccc(-c2ccc(N(c3ccc4c5ccccc5n(-c5ccccc5)c4c3)c3cccc4oc5ccccc5c34)c3c2oc2ccccc23)cc1. The molecule has 0 aliphatic carbocycles. The molecule has 4 heteroatoms. The van der Waals surface area contributed by atoms with Gasteiger partial charge in [-0.3, -0.25) is 0 Å². The molecule has 3 aromatic heterocycles. The zero-order valence-electron chi connectivity index (χ0n) is 28.0. The molecule has 244 valence electrons. The number of hydrogen-bond donors (Lipinski definition) is 0. The molecule has 52 heavy (non-hydrogen) atoms. The first-order valence-electron chi connectivity index (χ1n) is 17.6. The third kappa shape index (κ3) is 4.21. The molecule has 0 aliphatic heterocycles. The highest BCUT2D eigenvalue weighted by molar-refractivity contribution is 6.20. The fourth-order valence-electron chi connectivity index (χ4n) is 8.15. The lowest BCUT2D eigenvalue weighted by Gasteiger charge is -2.27. The molecular weight excluding hydrogens is 637 g/mol. The van der Waals surface area contributed by atoms with Gasteiger partial charge in [0.2, 0.25) is 0 Å². The summed E-state index contributed by atoms with van der Waals surface area (Å²) in [5.74, 6) is 0. The molecule has 0 aliphatic rings. The van der Waals surface area contributed by atoms with E-state index in [0.29, 0.717) is 0 Å². The van der Waals surface area contributed by atoms with Crippen molar-refractivity contribution in [1.82, 2.24) is 4.57 Å². The van der Waals surface area contributed by atoms with Crippen molar-refractivity contribution in [3.8, 4) is 16.8 Å². The van der Waals surface area contributed by atoms with Crippen LogP contribution in [0.1, 0.15) is 0 Å². The predicted molar refractivity (Wildman–Crippen MR) is 215 cm³/mol. The van der Waals surface area contributed by atoms with E-state index in [-0.39, 0.29) is 0 Å². The number of benzene rings is 8. The van der Waals surface area contributed by atoms with Crippen LogP contribution in [-0.4, -0.2) is 4.57 Å². The smallest absolute Gasteiger partial charge is 0.145 e. The van der Waals surface area contributed by atoms with Gasteiger partial charge in [0.05, 0.1) is 33.2 Å². The van der Waals surface area contributed by atoms with Gasteiger partial charge in [0.25, 0.3) is 0 Å². The lowest BCUT2D eigenvalue weighted by Crippen LogP contribution is -2.11. The summed E-state index contributed by atoms with van der Waals surface area (Å²) in [5.41, 5.74) is 12.1. The van der Waals surface area contributed by atoms with Crippen LogP contribution in [0, 0.1) is 0 Å². The summed E-state index contributed by atoms with van der Waals surface area (Å²) in [7, 11) is 0. The molecule has 0 amide bonds. The molecule has 4 nitrogen and oxygen atoms in total. The van der Waals surface area contributed by atoms with E-state index in [1.807, 2.05) is 18.2 Å². The first-order valence-corrected chi connectivity index (χ1v) is 17.6. The lowest BCUT2D eigenvalue weighted by molar-refractivity contribution is 0.669. The maximum atomic E-state index is 6.78. The Kier molecular flexibility index (Phi) is 6.22. The highest BCUT2D eigenvalue weighted by atomic mass is 16.3. The monoisotopic (exact) mass is 666 g/mol. The van der Waals surface area contributed by atoms with E-state index in [0.717, 1.165) is 83.3 Å². The molecule has 0 N–H and O–H groups in total. The van der Waals surface area contributed by atoms with E-state index in [4.69, 9.17) is 8.83 Å². The summed E-state index contributed by atoms with van der Waals surface area (Å²) < 4.78 is 15.6. The van der Waals surface area contributed by atoms with Crippen molar-refractivity contribution < 1.29 is 8.83 Å². The number of furan rings is 2. The summed E-state index contributed by atoms with van der Waals surface area (Å²) in [6.45, 7) is 0. The molecule has 3 heterocycles. The average molecular weight is 667 g/mol. The minimum absolute atomic E-state index is 0.845. The van der Waals surface area contributed by atoms with Crippen molar-refractivity contribution in [3.05, 3.63) is 182 Å². The van der Waals surface area contributed by atoms with Gasteiger partial charge in [0, 0.05) is 38.5 Å². The van der Waals surface area contributed by atoms with Crippen LogP contribution in [-0.2, 0) is 0 Å². The Bertz CT molecular complexity index is 3130. The van der Waals surface area contributed by atoms with Crippen molar-refractivity contribution in [2.24, 2.45) is 0 Å². The van der Waals surface area contributed by atoms with Crippen LogP contribution < -0.4 is 4.90 Å². The maximum Gasteiger partial charge on any atom is 0.145 e. The second-order valence-electron chi connectivity index (χ2n) is 13.3. The standard InChI is InChI=1S/C48H30N2O2/c1-3-14-31(15-4-1)34-28-29-41(47-38-20-9-12-24-44(38)52-48(34)47)50(40-22-13-25-45-46(40)37-19-8-11-23-43(37)51-45)33-26-27-36-35-18-7-10-21-39(35)49(42(36)30-33)32-16-5-2-6-17-32/h1-30H. The summed E-state index contributed by atoms with van der Waals surface area (Å²) >= 11 is 0. The minimum Gasteiger partial charge on any atom is -0.456 e. The van der Waals surface area contributed by atoms with E-state index >= 15 is 0 Å². The van der Waals surface area contributed by atoms with E-state index in [1.165, 1.54) is 16.3 Å². The highest BCUT2D eigenvalue weighted by Gasteiger charge is 2.25. The fraction of sp³-hybridized carbons (Fsp3) is 0. The van der Waals surface area contributed by atoms with Gasteiger partial charge in [-0.15, -0.1) is 0 Å². The summed E-state index contributed by atoms with van der Waals surface area (Å²) in [5, 5.41) is 6.69. The number of rotatable bonds is 5. The molecule has 11 rings (SSSR count). The molecule has 0 atom stereocenters. The molecule has 0 fully saturated rings. The van der Waals surface area contributed by atoms with Gasteiger partial charge in [-0.05, 0) is 72.3 Å². The molecule has 8 aromatic carbocycles. The number of anilines is 3. The third-order valence-electron chi connectivity index (χ3n) is 10.4. The second kappa shape index (κ2) is 11.2. The second-order valence-corrected chi connectivity index (χ2v) is 13.3. The molecular formula is C48H30N2O2. The Labute approximate surface area is 299 Å². The van der Waals surface area contributed by atoms with Crippen LogP contribution in [0.3, 0.4) is 0 Å². The van der Waals surface area contributed by atoms with Gasteiger partial charge in [-0.1, -0.05) is 115 Å². The van der Waals surface area contributed by atoms with Gasteiger partial charge < -0.3 is 18.3 Å². The first kappa shape index (κ1) is 28.8. The van der Waals surface area contributed by atoms with Crippen molar-refractivity contribution in [3.63, 3.8) is 0 Å². The Hall–Kier alpha value is -7.04. The molecule has 0 spiro atoms. The van der Waals surface area contributed by atoms with Gasteiger partial charge in [0.15, 0.2) is 0 Å². The van der Waals surface area contributed by atoms with Crippen molar-refractivity contribution in [2.45, 2.75) is 0 Å². The summed E-state index contributed by atoms with van der Waals surface area (Å²) in [4.78, 5) is 2.40. The Morgan fingerprint density at radius 3 is 1.83 bits per heavy atom. The maximum absolute atomic E-state index is 6.78. The van der Waals surface area contributed by atoms with Crippen LogP contribution in [0.4, 0.5) is 17.1 Å². The Balaban J connectivity index is 1.28. The molecule has 0 radical (unpaired) electrons. The van der Waals surface area contributed by atoms with Crippen LogP contribution in [0.5, 0.6) is 0 Å². The number of fused-ring (bicyclic) bond motifs is 9. The van der Waals surface area contributed by atoms with Crippen LogP contribution in [0.2, 0.25) is 0 Å². The normalized spacial score (nSPS) is 11.8. The highest BCUT2D eigenvalue weighted by Crippen LogP contribution is 2.49. The number of aromatic nitrogens is 1. The number of para-hydroxylation sites is 4. The van der Waals surface area contributed by atoms with Crippen molar-refractivity contribution in [1.29, 1.82) is 0 Å². The quantitative estimate of drug-likeness (QED) is 0.183. The first-order chi connectivity index (χ1) is 25.8. The lowest BCUT2D eigenvalue weighted by atomic mass is 9.99. The molecule has 0 saturated heterocycles. The summed E-state index contributed by atoms with van der Waals surface area (Å²) in [6, 6.07) is 64.2. The Morgan fingerprint density at radius 2 is 1.02 bits per heavy atom. The van der Waals surface area contributed by atoms with E-state index in [1.54, 1.807) is 0 Å². The zero-order valence-corrected chi connectivity index (χ0v) is 28.0. The minimum atomic E-state index is 0.845. The van der Waals surface area contributed by atoms with Gasteiger partial charge in [-0.2, -0.15) is 0 Å². The third-order valence-corrected chi connectivity index (χ3v) is 10.4. The van der Waals surface area contributed by atoms with Crippen LogP contribution in [0.25, 0.3) is 82.5 Å². The van der Waals surface area contributed by atoms with Gasteiger partial charge >= 0.3 is 0 Å². The number of nitrogens with zero attached hydrogens (tertiary/aromatic N) is 2. The Morgan fingerprint density at radius 1 is 0.404 bits per heavy atom. The van der Waals surface area contributed by atoms with Crippen molar-refractivity contribution in [2.75, 3.05) is 4.90 Å². The van der Waals surface area contributed by atoms with E-state index < -0.39 is 0 Å². The van der Waals surface area contributed by atoms with Crippen molar-refractivity contribution >= 4 is 82.7 Å². The molecule has 0 unspecified atom stereocenters. The summed E-state index contributed by atoms with van der Waals surface area (Å²) in [6.07, 6.45) is 0. The largest absolute Gasteiger partial charge is 0.456 e. The molecule has 11 aromatic rings. The van der Waals surface area contributed by atoms with Gasteiger partial charge in [-0.25, -0.2) is 0 Å². The van der Waals surface area contributed by atoms with Gasteiger partial charge in [0.1, 0.15) is 22.3 Å². The van der Waals surface area contributed by atoms with E-state index in [2.05, 4.69) is 173 Å².